The minimum atomic E-state index is -0.210. The van der Waals surface area contributed by atoms with Gasteiger partial charge < -0.3 is 14.2 Å². The Morgan fingerprint density at radius 3 is 2.53 bits per heavy atom. The van der Waals surface area contributed by atoms with Gasteiger partial charge >= 0.3 is 0 Å². The molecule has 0 radical (unpaired) electrons. The molecule has 1 atom stereocenters. The predicted molar refractivity (Wildman–Crippen MR) is 150 cm³/mol. The zero-order valence-electron chi connectivity index (χ0n) is 18.2. The van der Waals surface area contributed by atoms with Crippen molar-refractivity contribution in [3.05, 3.63) is 81.0 Å². The van der Waals surface area contributed by atoms with Gasteiger partial charge in [-0.05, 0) is 48.4 Å². The minimum Gasteiger partial charge on any atom is -0.378 e. The van der Waals surface area contributed by atoms with Crippen molar-refractivity contribution in [2.24, 2.45) is 0 Å². The van der Waals surface area contributed by atoms with Gasteiger partial charge in [0.2, 0.25) is 0 Å². The summed E-state index contributed by atoms with van der Waals surface area (Å²) < 4.78 is 9.20. The van der Waals surface area contributed by atoms with E-state index in [1.165, 1.54) is 0 Å². The van der Waals surface area contributed by atoms with Crippen molar-refractivity contribution in [2.75, 3.05) is 31.2 Å². The van der Waals surface area contributed by atoms with E-state index >= 15 is 0 Å². The molecule has 0 aliphatic carbocycles. The Morgan fingerprint density at radius 2 is 1.85 bits per heavy atom. The van der Waals surface area contributed by atoms with Crippen molar-refractivity contribution in [3.8, 4) is 11.1 Å². The molecule has 3 aromatic heterocycles. The second kappa shape index (κ2) is 10.1. The van der Waals surface area contributed by atoms with Crippen LogP contribution in [-0.4, -0.2) is 39.8 Å². The van der Waals surface area contributed by atoms with Crippen LogP contribution < -0.4 is 10.5 Å². The number of fused-ring (bicyclic) bond motifs is 1. The van der Waals surface area contributed by atoms with Crippen LogP contribution in [0.25, 0.3) is 22.2 Å². The number of hydrogen-bond donors (Lipinski definition) is 0. The third-order valence-corrected chi connectivity index (χ3v) is 8.23. The van der Waals surface area contributed by atoms with Crippen LogP contribution in [0.15, 0.2) is 59.8 Å². The fourth-order valence-electron chi connectivity index (χ4n) is 4.30. The van der Waals surface area contributed by atoms with Gasteiger partial charge in [-0.1, -0.05) is 23.2 Å². The van der Waals surface area contributed by atoms with Gasteiger partial charge in [0.25, 0.3) is 5.56 Å². The average molecular weight is 627 g/mol. The first-order valence-corrected chi connectivity index (χ1v) is 14.8. The monoisotopic (exact) mass is 626 g/mol. The summed E-state index contributed by atoms with van der Waals surface area (Å²) >= 11 is 14.6. The highest BCUT2D eigenvalue weighted by Crippen LogP contribution is 2.35. The Labute approximate surface area is 223 Å². The SMILES string of the molecule is CC(c1cc(Cl)cc(Cl)c1)n1ccc(-c2cn(SI)c3ncc(N4CCOCC4)cc23)cc1=O. The smallest absolute Gasteiger partial charge is 0.251 e. The van der Waals surface area contributed by atoms with E-state index in [0.29, 0.717) is 23.3 Å². The van der Waals surface area contributed by atoms with E-state index < -0.39 is 0 Å². The summed E-state index contributed by atoms with van der Waals surface area (Å²) in [6, 6.07) is 11.0. The molecule has 1 aromatic carbocycles. The van der Waals surface area contributed by atoms with Crippen LogP contribution in [0.1, 0.15) is 18.5 Å². The molecule has 1 unspecified atom stereocenters. The number of aromatic nitrogens is 3. The zero-order valence-corrected chi connectivity index (χ0v) is 22.7. The lowest BCUT2D eigenvalue weighted by Gasteiger charge is -2.28. The summed E-state index contributed by atoms with van der Waals surface area (Å²) in [6.45, 7) is 5.06. The quantitative estimate of drug-likeness (QED) is 0.238. The molecule has 5 rings (SSSR count). The van der Waals surface area contributed by atoms with Gasteiger partial charge in [0, 0.05) is 82.9 Å². The van der Waals surface area contributed by atoms with Gasteiger partial charge in [-0.3, -0.25) is 8.77 Å². The molecule has 176 valence electrons. The lowest BCUT2D eigenvalue weighted by molar-refractivity contribution is 0.122. The summed E-state index contributed by atoms with van der Waals surface area (Å²) in [5, 5.41) is 2.11. The van der Waals surface area contributed by atoms with E-state index in [9.17, 15) is 4.79 Å². The number of morpholine rings is 1. The number of nitrogens with zero attached hydrogens (tertiary/aromatic N) is 4. The zero-order chi connectivity index (χ0) is 23.8. The number of ether oxygens (including phenoxy) is 1. The highest BCUT2D eigenvalue weighted by atomic mass is 127. The van der Waals surface area contributed by atoms with Gasteiger partial charge in [-0.15, -0.1) is 0 Å². The van der Waals surface area contributed by atoms with Crippen LogP contribution in [0.3, 0.4) is 0 Å². The average Bonchev–Trinajstić information content (AvgIpc) is 3.21. The molecule has 1 aliphatic rings. The standard InChI is InChI=1S/C24H21Cl2IN4O2S/c1-15(17-8-18(25)11-19(26)9-17)30-3-2-16(10-23(30)32)22-14-31(34-27)24-21(22)12-20(13-28-24)29-4-6-33-7-5-29/h2-3,8-15H,4-7H2,1H3. The Kier molecular flexibility index (Phi) is 7.13. The number of halogens is 3. The molecular weight excluding hydrogens is 606 g/mol. The fourth-order valence-corrected chi connectivity index (χ4v) is 6.10. The molecule has 4 heterocycles. The van der Waals surface area contributed by atoms with Crippen LogP contribution in [0.4, 0.5) is 5.69 Å². The van der Waals surface area contributed by atoms with Gasteiger partial charge in [-0.2, -0.15) is 0 Å². The molecular formula is C24H21Cl2IN4O2S. The van der Waals surface area contributed by atoms with E-state index in [0.717, 1.165) is 46.5 Å². The molecule has 34 heavy (non-hydrogen) atoms. The van der Waals surface area contributed by atoms with Crippen molar-refractivity contribution in [3.63, 3.8) is 0 Å². The van der Waals surface area contributed by atoms with E-state index in [-0.39, 0.29) is 11.6 Å². The fraction of sp³-hybridized carbons (Fsp3) is 0.250. The maximum atomic E-state index is 13.2. The van der Waals surface area contributed by atoms with Crippen molar-refractivity contribution >= 4 is 70.2 Å². The van der Waals surface area contributed by atoms with E-state index in [4.69, 9.17) is 32.9 Å². The molecule has 0 bridgehead atoms. The maximum absolute atomic E-state index is 13.2. The normalized spacial score (nSPS) is 15.1. The van der Waals surface area contributed by atoms with Crippen molar-refractivity contribution < 1.29 is 4.74 Å². The molecule has 4 aromatic rings. The van der Waals surface area contributed by atoms with Crippen LogP contribution in [-0.2, 0) is 4.74 Å². The largest absolute Gasteiger partial charge is 0.378 e. The van der Waals surface area contributed by atoms with Crippen LogP contribution in [0, 0.1) is 0 Å². The Balaban J connectivity index is 1.55. The number of anilines is 1. The molecule has 10 heteroatoms. The highest BCUT2D eigenvalue weighted by Gasteiger charge is 2.18. The molecule has 6 nitrogen and oxygen atoms in total. The number of pyridine rings is 2. The Hall–Kier alpha value is -1.72. The summed E-state index contributed by atoms with van der Waals surface area (Å²) in [4.78, 5) is 20.2. The molecule has 1 aliphatic heterocycles. The van der Waals surface area contributed by atoms with Gasteiger partial charge in [0.05, 0.1) is 31.1 Å². The van der Waals surface area contributed by atoms with Gasteiger partial charge in [-0.25, -0.2) is 4.98 Å². The second-order valence-electron chi connectivity index (χ2n) is 8.14. The Bertz CT molecular complexity index is 1400. The molecule has 1 fully saturated rings. The topological polar surface area (TPSA) is 52.3 Å². The first kappa shape index (κ1) is 24.0. The lowest BCUT2D eigenvalue weighted by atomic mass is 10.1. The third-order valence-electron chi connectivity index (χ3n) is 6.09. The van der Waals surface area contributed by atoms with Crippen LogP contribution in [0.5, 0.6) is 0 Å². The summed E-state index contributed by atoms with van der Waals surface area (Å²) in [6.07, 6.45) is 5.78. The molecule has 0 N–H and O–H groups in total. The molecule has 0 spiro atoms. The number of benzene rings is 1. The first-order valence-electron chi connectivity index (χ1n) is 10.8. The summed E-state index contributed by atoms with van der Waals surface area (Å²) in [5.41, 5.74) is 4.55. The predicted octanol–water partition coefficient (Wildman–Crippen LogP) is 6.46. The van der Waals surface area contributed by atoms with Crippen LogP contribution in [0.2, 0.25) is 10.0 Å². The second-order valence-corrected chi connectivity index (χ2v) is 10.7. The number of hydrogen-bond acceptors (Lipinski definition) is 5. The molecule has 1 saturated heterocycles. The molecule has 0 amide bonds. The van der Waals surface area contributed by atoms with E-state index in [2.05, 4.69) is 32.2 Å². The van der Waals surface area contributed by atoms with E-state index in [1.54, 1.807) is 25.8 Å². The van der Waals surface area contributed by atoms with Crippen molar-refractivity contribution in [1.29, 1.82) is 0 Å². The Morgan fingerprint density at radius 1 is 1.12 bits per heavy atom. The van der Waals surface area contributed by atoms with Gasteiger partial charge in [0.1, 0.15) is 0 Å². The minimum absolute atomic E-state index is 0.0959. The third kappa shape index (κ3) is 4.70. The summed E-state index contributed by atoms with van der Waals surface area (Å²) in [5.74, 6) is 0. The molecule has 0 saturated carbocycles. The van der Waals surface area contributed by atoms with Crippen molar-refractivity contribution in [1.82, 2.24) is 13.5 Å². The lowest BCUT2D eigenvalue weighted by Crippen LogP contribution is -2.36. The maximum Gasteiger partial charge on any atom is 0.251 e. The first-order chi connectivity index (χ1) is 16.4. The van der Waals surface area contributed by atoms with E-state index in [1.807, 2.05) is 47.7 Å². The summed E-state index contributed by atoms with van der Waals surface area (Å²) in [7, 11) is 1.55. The highest BCUT2D eigenvalue weighted by molar-refractivity contribution is 14.2. The van der Waals surface area contributed by atoms with Gasteiger partial charge in [0.15, 0.2) is 5.65 Å². The van der Waals surface area contributed by atoms with Crippen LogP contribution >= 0.6 is 53.5 Å². The van der Waals surface area contributed by atoms with Crippen molar-refractivity contribution in [2.45, 2.75) is 13.0 Å². The number of rotatable bonds is 5.